The van der Waals surface area contributed by atoms with Gasteiger partial charge in [-0.25, -0.2) is 12.8 Å². The predicted octanol–water partition coefficient (Wildman–Crippen LogP) is 2.14. The predicted molar refractivity (Wildman–Crippen MR) is 70.7 cm³/mol. The Morgan fingerprint density at radius 1 is 1.37 bits per heavy atom. The second-order valence-electron chi connectivity index (χ2n) is 3.53. The highest BCUT2D eigenvalue weighted by Gasteiger charge is 2.21. The van der Waals surface area contributed by atoms with Crippen LogP contribution in [-0.4, -0.2) is 8.42 Å². The van der Waals surface area contributed by atoms with E-state index in [1.807, 2.05) is 6.07 Å². The van der Waals surface area contributed by atoms with E-state index in [4.69, 9.17) is 11.0 Å². The number of nitriles is 1. The van der Waals surface area contributed by atoms with Gasteiger partial charge in [-0.15, -0.1) is 11.3 Å². The molecule has 19 heavy (non-hydrogen) atoms. The average Bonchev–Trinajstić information content (AvgIpc) is 2.78. The minimum Gasteiger partial charge on any atom is -0.395 e. The summed E-state index contributed by atoms with van der Waals surface area (Å²) in [6.07, 6.45) is 0. The molecule has 1 heterocycles. The number of hydrogen-bond donors (Lipinski definition) is 2. The molecule has 1 aromatic carbocycles. The molecule has 1 aromatic heterocycles. The molecule has 2 rings (SSSR count). The molecule has 0 aliphatic carbocycles. The number of halogens is 1. The van der Waals surface area contributed by atoms with Gasteiger partial charge < -0.3 is 5.73 Å². The van der Waals surface area contributed by atoms with Gasteiger partial charge in [-0.2, -0.15) is 5.26 Å². The summed E-state index contributed by atoms with van der Waals surface area (Å²) in [6, 6.07) is 6.85. The van der Waals surface area contributed by atoms with Crippen LogP contribution in [0.5, 0.6) is 0 Å². The van der Waals surface area contributed by atoms with Gasteiger partial charge in [0.25, 0.3) is 10.0 Å². The van der Waals surface area contributed by atoms with E-state index in [9.17, 15) is 12.8 Å². The van der Waals surface area contributed by atoms with Crippen molar-refractivity contribution >= 4 is 32.0 Å². The van der Waals surface area contributed by atoms with Crippen molar-refractivity contribution < 1.29 is 12.8 Å². The number of nitrogens with two attached hydrogens (primary N) is 1. The van der Waals surface area contributed by atoms with Crippen molar-refractivity contribution in [2.24, 2.45) is 0 Å². The molecule has 0 saturated carbocycles. The molecule has 2 aromatic rings. The van der Waals surface area contributed by atoms with Crippen molar-refractivity contribution in [3.63, 3.8) is 0 Å². The van der Waals surface area contributed by atoms with Crippen LogP contribution in [0.4, 0.5) is 15.1 Å². The minimum atomic E-state index is -4.02. The molecular weight excluding hydrogens is 289 g/mol. The molecule has 0 unspecified atom stereocenters. The van der Waals surface area contributed by atoms with Crippen LogP contribution >= 0.6 is 11.3 Å². The monoisotopic (exact) mass is 297 g/mol. The molecule has 0 spiro atoms. The van der Waals surface area contributed by atoms with Gasteiger partial charge >= 0.3 is 0 Å². The third kappa shape index (κ3) is 2.52. The Bertz CT molecular complexity index is 762. The van der Waals surface area contributed by atoms with Crippen LogP contribution in [0, 0.1) is 17.1 Å². The lowest BCUT2D eigenvalue weighted by molar-refractivity contribution is 0.597. The molecule has 0 atom stereocenters. The summed E-state index contributed by atoms with van der Waals surface area (Å²) in [5.74, 6) is -0.811. The topological polar surface area (TPSA) is 96.0 Å². The van der Waals surface area contributed by atoms with Gasteiger partial charge in [0.15, 0.2) is 0 Å². The van der Waals surface area contributed by atoms with Crippen LogP contribution in [0.2, 0.25) is 0 Å². The molecule has 5 nitrogen and oxygen atoms in total. The largest absolute Gasteiger partial charge is 0.395 e. The van der Waals surface area contributed by atoms with Crippen molar-refractivity contribution in [2.45, 2.75) is 4.90 Å². The Morgan fingerprint density at radius 3 is 2.79 bits per heavy atom. The summed E-state index contributed by atoms with van der Waals surface area (Å²) in [5.41, 5.74) is 5.16. The summed E-state index contributed by atoms with van der Waals surface area (Å²) in [7, 11) is -4.02. The first-order valence-corrected chi connectivity index (χ1v) is 7.36. The molecule has 98 valence electrons. The fraction of sp³-hybridized carbons (Fsp3) is 0. The first-order valence-electron chi connectivity index (χ1n) is 5.00. The number of sulfonamides is 1. The molecule has 0 aliphatic heterocycles. The summed E-state index contributed by atoms with van der Waals surface area (Å²) in [5, 5.41) is 10.6. The van der Waals surface area contributed by atoms with E-state index in [1.54, 1.807) is 5.38 Å². The van der Waals surface area contributed by atoms with Crippen LogP contribution < -0.4 is 10.5 Å². The van der Waals surface area contributed by atoms with Gasteiger partial charge in [0.2, 0.25) is 0 Å². The van der Waals surface area contributed by atoms with Gasteiger partial charge in [0.05, 0.1) is 11.3 Å². The first kappa shape index (κ1) is 13.3. The number of thiophene rings is 1. The number of nitrogens with one attached hydrogen (secondary N) is 1. The van der Waals surface area contributed by atoms with E-state index in [-0.39, 0.29) is 15.5 Å². The van der Waals surface area contributed by atoms with Gasteiger partial charge in [-0.05, 0) is 23.6 Å². The molecule has 0 bridgehead atoms. The van der Waals surface area contributed by atoms with E-state index in [0.29, 0.717) is 0 Å². The number of nitrogen functional groups attached to an aromatic ring is 1. The third-order valence-electron chi connectivity index (χ3n) is 2.32. The quantitative estimate of drug-likeness (QED) is 0.848. The van der Waals surface area contributed by atoms with Crippen molar-refractivity contribution in [3.8, 4) is 6.07 Å². The van der Waals surface area contributed by atoms with Crippen molar-refractivity contribution in [3.05, 3.63) is 41.0 Å². The van der Waals surface area contributed by atoms with E-state index >= 15 is 0 Å². The van der Waals surface area contributed by atoms with Gasteiger partial charge in [-0.1, -0.05) is 6.07 Å². The highest BCUT2D eigenvalue weighted by Crippen LogP contribution is 2.28. The Balaban J connectivity index is 2.45. The maximum absolute atomic E-state index is 13.3. The zero-order valence-corrected chi connectivity index (χ0v) is 11.1. The molecule has 3 N–H and O–H groups in total. The molecule has 0 radical (unpaired) electrons. The first-order chi connectivity index (χ1) is 8.95. The van der Waals surface area contributed by atoms with Crippen LogP contribution in [0.15, 0.2) is 34.5 Å². The fourth-order valence-electron chi connectivity index (χ4n) is 1.40. The number of benzene rings is 1. The molecular formula is C11H8FN3O2S2. The van der Waals surface area contributed by atoms with Crippen molar-refractivity contribution in [1.82, 2.24) is 0 Å². The summed E-state index contributed by atoms with van der Waals surface area (Å²) < 4.78 is 39.7. The van der Waals surface area contributed by atoms with Gasteiger partial charge in [0, 0.05) is 0 Å². The lowest BCUT2D eigenvalue weighted by atomic mass is 10.3. The maximum atomic E-state index is 13.3. The highest BCUT2D eigenvalue weighted by atomic mass is 32.2. The Labute approximate surface area is 113 Å². The molecule has 0 saturated heterocycles. The van der Waals surface area contributed by atoms with Crippen LogP contribution in [-0.2, 0) is 10.0 Å². The van der Waals surface area contributed by atoms with E-state index < -0.39 is 21.5 Å². The number of para-hydroxylation sites is 1. The summed E-state index contributed by atoms with van der Waals surface area (Å²) >= 11 is 1.06. The zero-order valence-electron chi connectivity index (χ0n) is 9.42. The maximum Gasteiger partial charge on any atom is 0.264 e. The SMILES string of the molecule is N#Cc1ccsc1NS(=O)(=O)c1cccc(F)c1N. The average molecular weight is 297 g/mol. The van der Waals surface area contributed by atoms with Gasteiger partial charge in [0.1, 0.15) is 21.8 Å². The third-order valence-corrected chi connectivity index (χ3v) is 4.68. The van der Waals surface area contributed by atoms with E-state index in [0.717, 1.165) is 17.4 Å². The van der Waals surface area contributed by atoms with Crippen molar-refractivity contribution in [1.29, 1.82) is 5.26 Å². The Morgan fingerprint density at radius 2 is 2.11 bits per heavy atom. The zero-order chi connectivity index (χ0) is 14.0. The smallest absolute Gasteiger partial charge is 0.264 e. The summed E-state index contributed by atoms with van der Waals surface area (Å²) in [6.45, 7) is 0. The number of nitrogens with zero attached hydrogens (tertiary/aromatic N) is 1. The Hall–Kier alpha value is -2.11. The number of hydrogen-bond acceptors (Lipinski definition) is 5. The molecule has 0 fully saturated rings. The van der Waals surface area contributed by atoms with E-state index in [2.05, 4.69) is 4.72 Å². The molecule has 8 heteroatoms. The number of anilines is 2. The Kier molecular flexibility index (Phi) is 3.42. The van der Waals surface area contributed by atoms with E-state index in [1.165, 1.54) is 18.2 Å². The van der Waals surface area contributed by atoms with Crippen LogP contribution in [0.1, 0.15) is 5.56 Å². The van der Waals surface area contributed by atoms with Gasteiger partial charge in [-0.3, -0.25) is 4.72 Å². The highest BCUT2D eigenvalue weighted by molar-refractivity contribution is 7.93. The molecule has 0 amide bonds. The van der Waals surface area contributed by atoms with Crippen molar-refractivity contribution in [2.75, 3.05) is 10.5 Å². The normalized spacial score (nSPS) is 10.9. The lowest BCUT2D eigenvalue weighted by Crippen LogP contribution is -2.15. The number of rotatable bonds is 3. The minimum absolute atomic E-state index is 0.172. The second kappa shape index (κ2) is 4.87. The molecule has 0 aliphatic rings. The fourth-order valence-corrected chi connectivity index (χ4v) is 3.62. The standard InChI is InChI=1S/C11H8FN3O2S2/c12-8-2-1-3-9(10(8)14)19(16,17)15-11-7(6-13)4-5-18-11/h1-5,15H,14H2. The summed E-state index contributed by atoms with van der Waals surface area (Å²) in [4.78, 5) is -0.357. The lowest BCUT2D eigenvalue weighted by Gasteiger charge is -2.09. The second-order valence-corrected chi connectivity index (χ2v) is 6.10. The van der Waals surface area contributed by atoms with Crippen LogP contribution in [0.25, 0.3) is 0 Å². The van der Waals surface area contributed by atoms with Crippen LogP contribution in [0.3, 0.4) is 0 Å².